The van der Waals surface area contributed by atoms with Crippen LogP contribution in [0.4, 0.5) is 5.69 Å². The van der Waals surface area contributed by atoms with Crippen LogP contribution in [0.3, 0.4) is 0 Å². The number of nitrogens with two attached hydrogens (primary N) is 1. The number of guanidine groups is 1. The van der Waals surface area contributed by atoms with Crippen molar-refractivity contribution in [3.63, 3.8) is 0 Å². The summed E-state index contributed by atoms with van der Waals surface area (Å²) in [5.41, 5.74) is 8.43. The molecular weight excluding hydrogens is 274 g/mol. The first-order valence-electron chi connectivity index (χ1n) is 8.49. The highest BCUT2D eigenvalue weighted by Gasteiger charge is 2.43. The lowest BCUT2D eigenvalue weighted by Gasteiger charge is -2.45. The molecule has 0 aromatic heterocycles. The fourth-order valence-corrected chi connectivity index (χ4v) is 3.40. The molecule has 1 saturated carbocycles. The molecular formula is C18H27N3O. The van der Waals surface area contributed by atoms with Gasteiger partial charge in [0, 0.05) is 18.2 Å². The minimum Gasteiger partial charge on any atom is -0.378 e. The Balaban J connectivity index is 1.57. The predicted octanol–water partition coefficient (Wildman–Crippen LogP) is 3.49. The highest BCUT2D eigenvalue weighted by Crippen LogP contribution is 2.39. The Morgan fingerprint density at radius 2 is 2.18 bits per heavy atom. The van der Waals surface area contributed by atoms with Gasteiger partial charge in [0.15, 0.2) is 5.96 Å². The number of ether oxygens (including phenoxy) is 1. The summed E-state index contributed by atoms with van der Waals surface area (Å²) in [6, 6.07) is 8.82. The molecule has 4 atom stereocenters. The van der Waals surface area contributed by atoms with E-state index in [4.69, 9.17) is 10.5 Å². The zero-order valence-electron chi connectivity index (χ0n) is 13.6. The molecule has 0 amide bonds. The van der Waals surface area contributed by atoms with E-state index in [9.17, 15) is 0 Å². The second-order valence-corrected chi connectivity index (χ2v) is 6.59. The molecule has 1 aromatic rings. The molecule has 1 aliphatic carbocycles. The van der Waals surface area contributed by atoms with Crippen molar-refractivity contribution in [2.45, 2.75) is 57.6 Å². The van der Waals surface area contributed by atoms with Gasteiger partial charge in [-0.3, -0.25) is 0 Å². The summed E-state index contributed by atoms with van der Waals surface area (Å²) < 4.78 is 5.72. The fraction of sp³-hybridized carbons (Fsp3) is 0.611. The summed E-state index contributed by atoms with van der Waals surface area (Å²) in [5.74, 6) is 1.69. The quantitative estimate of drug-likeness (QED) is 0.661. The van der Waals surface area contributed by atoms with Gasteiger partial charge in [-0.2, -0.15) is 0 Å². The maximum absolute atomic E-state index is 6.06. The third kappa shape index (κ3) is 3.27. The predicted molar refractivity (Wildman–Crippen MR) is 91.3 cm³/mol. The van der Waals surface area contributed by atoms with E-state index in [1.165, 1.54) is 12.0 Å². The monoisotopic (exact) mass is 301 g/mol. The van der Waals surface area contributed by atoms with Crippen LogP contribution < -0.4 is 11.1 Å². The molecule has 0 radical (unpaired) electrons. The van der Waals surface area contributed by atoms with Crippen LogP contribution in [0.2, 0.25) is 0 Å². The summed E-state index contributed by atoms with van der Waals surface area (Å²) in [7, 11) is 0. The van der Waals surface area contributed by atoms with Gasteiger partial charge < -0.3 is 15.8 Å². The Labute approximate surface area is 133 Å². The Morgan fingerprint density at radius 3 is 2.86 bits per heavy atom. The van der Waals surface area contributed by atoms with Gasteiger partial charge in [0.1, 0.15) is 0 Å². The third-order valence-corrected chi connectivity index (χ3v) is 5.13. The second-order valence-electron chi connectivity index (χ2n) is 6.59. The number of hydrogen-bond donors (Lipinski definition) is 2. The Bertz CT molecular complexity index is 526. The zero-order valence-corrected chi connectivity index (χ0v) is 13.6. The smallest absolute Gasteiger partial charge is 0.193 e. The van der Waals surface area contributed by atoms with Gasteiger partial charge in [-0.05, 0) is 49.3 Å². The van der Waals surface area contributed by atoms with Crippen LogP contribution in [0.25, 0.3) is 0 Å². The summed E-state index contributed by atoms with van der Waals surface area (Å²) >= 11 is 0. The lowest BCUT2D eigenvalue weighted by atomic mass is 9.73. The van der Waals surface area contributed by atoms with Crippen LogP contribution in [-0.4, -0.2) is 24.7 Å². The normalized spacial score (nSPS) is 29.4. The maximum atomic E-state index is 6.06. The summed E-state index contributed by atoms with van der Waals surface area (Å²) in [5, 5.41) is 3.21. The molecule has 0 spiro atoms. The van der Waals surface area contributed by atoms with E-state index in [-0.39, 0.29) is 0 Å². The van der Waals surface area contributed by atoms with Crippen LogP contribution in [0.1, 0.15) is 51.0 Å². The van der Waals surface area contributed by atoms with Gasteiger partial charge in [-0.1, -0.05) is 26.0 Å². The van der Waals surface area contributed by atoms with E-state index in [2.05, 4.69) is 48.4 Å². The van der Waals surface area contributed by atoms with Gasteiger partial charge >= 0.3 is 0 Å². The minimum atomic E-state index is 0.331. The van der Waals surface area contributed by atoms with Gasteiger partial charge in [-0.25, -0.2) is 4.99 Å². The summed E-state index contributed by atoms with van der Waals surface area (Å²) in [6.07, 6.45) is 4.96. The van der Waals surface area contributed by atoms with Crippen LogP contribution in [0.15, 0.2) is 29.3 Å². The Kier molecular flexibility index (Phi) is 4.67. The molecule has 4 nitrogen and oxygen atoms in total. The van der Waals surface area contributed by atoms with E-state index in [1.54, 1.807) is 0 Å². The largest absolute Gasteiger partial charge is 0.378 e. The van der Waals surface area contributed by atoms with Crippen molar-refractivity contribution in [3.05, 3.63) is 29.8 Å². The first kappa shape index (κ1) is 15.3. The molecule has 1 heterocycles. The van der Waals surface area contributed by atoms with Crippen molar-refractivity contribution < 1.29 is 4.74 Å². The highest BCUT2D eigenvalue weighted by molar-refractivity contribution is 5.92. The van der Waals surface area contributed by atoms with E-state index < -0.39 is 0 Å². The molecule has 22 heavy (non-hydrogen) atoms. The average Bonchev–Trinajstić information content (AvgIpc) is 2.52. The average molecular weight is 301 g/mol. The van der Waals surface area contributed by atoms with Crippen LogP contribution in [0, 0.1) is 5.92 Å². The van der Waals surface area contributed by atoms with E-state index >= 15 is 0 Å². The Hall–Kier alpha value is -1.55. The lowest BCUT2D eigenvalue weighted by Crippen LogP contribution is -2.49. The van der Waals surface area contributed by atoms with Gasteiger partial charge in [0.05, 0.1) is 12.1 Å². The van der Waals surface area contributed by atoms with Crippen molar-refractivity contribution in [2.24, 2.45) is 16.6 Å². The number of benzene rings is 1. The van der Waals surface area contributed by atoms with Gasteiger partial charge in [-0.15, -0.1) is 0 Å². The molecule has 3 rings (SSSR count). The topological polar surface area (TPSA) is 59.6 Å². The first-order valence-corrected chi connectivity index (χ1v) is 8.49. The molecule has 3 N–H and O–H groups in total. The summed E-state index contributed by atoms with van der Waals surface area (Å²) in [6.45, 7) is 5.37. The number of nitrogens with one attached hydrogen (secondary N) is 1. The zero-order chi connectivity index (χ0) is 15.5. The maximum Gasteiger partial charge on any atom is 0.193 e. The number of fused-ring (bicyclic) bond motifs is 1. The SMILES string of the molecule is CCC(C)c1ccc(NC(N)=NC2CC3OCCCC23)cc1. The molecule has 4 heteroatoms. The second kappa shape index (κ2) is 6.69. The van der Waals surface area contributed by atoms with Crippen molar-refractivity contribution in [2.75, 3.05) is 11.9 Å². The first-order chi connectivity index (χ1) is 10.7. The van der Waals surface area contributed by atoms with Crippen molar-refractivity contribution >= 4 is 11.6 Å². The molecule has 1 aliphatic heterocycles. The number of rotatable bonds is 4. The van der Waals surface area contributed by atoms with E-state index in [0.717, 1.165) is 31.6 Å². The molecule has 2 fully saturated rings. The Morgan fingerprint density at radius 1 is 1.41 bits per heavy atom. The number of hydrogen-bond acceptors (Lipinski definition) is 2. The fourth-order valence-electron chi connectivity index (χ4n) is 3.40. The molecule has 4 unspecified atom stereocenters. The van der Waals surface area contributed by atoms with Gasteiger partial charge in [0.2, 0.25) is 0 Å². The highest BCUT2D eigenvalue weighted by atomic mass is 16.5. The van der Waals surface area contributed by atoms with Crippen LogP contribution >= 0.6 is 0 Å². The molecule has 2 aliphatic rings. The van der Waals surface area contributed by atoms with Crippen LogP contribution in [-0.2, 0) is 4.74 Å². The lowest BCUT2D eigenvalue weighted by molar-refractivity contribution is -0.0937. The van der Waals surface area contributed by atoms with Crippen LogP contribution in [0.5, 0.6) is 0 Å². The van der Waals surface area contributed by atoms with Crippen molar-refractivity contribution in [3.8, 4) is 0 Å². The van der Waals surface area contributed by atoms with Crippen molar-refractivity contribution in [1.82, 2.24) is 0 Å². The van der Waals surface area contributed by atoms with Gasteiger partial charge in [0.25, 0.3) is 0 Å². The third-order valence-electron chi connectivity index (χ3n) is 5.13. The number of anilines is 1. The number of aliphatic imine (C=N–C) groups is 1. The molecule has 120 valence electrons. The number of nitrogens with zero attached hydrogens (tertiary/aromatic N) is 1. The van der Waals surface area contributed by atoms with Crippen molar-refractivity contribution in [1.29, 1.82) is 0 Å². The molecule has 1 aromatic carbocycles. The van der Waals surface area contributed by atoms with E-state index in [1.807, 2.05) is 0 Å². The minimum absolute atomic E-state index is 0.331. The summed E-state index contributed by atoms with van der Waals surface area (Å²) in [4.78, 5) is 4.64. The van der Waals surface area contributed by atoms with E-state index in [0.29, 0.717) is 29.9 Å². The molecule has 1 saturated heterocycles. The molecule has 0 bridgehead atoms. The standard InChI is InChI=1S/C18H27N3O/c1-3-12(2)13-6-8-14(9-7-13)20-18(19)21-16-11-17-15(16)5-4-10-22-17/h6-9,12,15-17H,3-5,10-11H2,1-2H3,(H3,19,20,21).